The van der Waals surface area contributed by atoms with Crippen molar-refractivity contribution >= 4 is 17.0 Å². The van der Waals surface area contributed by atoms with Crippen LogP contribution >= 0.6 is 0 Å². The van der Waals surface area contributed by atoms with Crippen LogP contribution in [0.4, 0.5) is 19.0 Å². The first-order valence-electron chi connectivity index (χ1n) is 11.5. The summed E-state index contributed by atoms with van der Waals surface area (Å²) in [7, 11) is 1.17. The van der Waals surface area contributed by atoms with Crippen molar-refractivity contribution in [2.45, 2.75) is 59.2 Å². The number of allylic oxidation sites excluding steroid dienone is 1. The third-order valence-corrected chi connectivity index (χ3v) is 5.15. The molecule has 0 amide bonds. The quantitative estimate of drug-likeness (QED) is 0.424. The van der Waals surface area contributed by atoms with Crippen LogP contribution in [0.25, 0.3) is 11.2 Å². The van der Waals surface area contributed by atoms with Crippen LogP contribution in [0.15, 0.2) is 42.9 Å². The molecule has 0 saturated carbocycles. The zero-order valence-corrected chi connectivity index (χ0v) is 20.3. The number of hydrogen-bond donors (Lipinski definition) is 0. The number of halogens is 3. The molecule has 0 atom stereocenters. The van der Waals surface area contributed by atoms with E-state index in [9.17, 15) is 13.2 Å². The van der Waals surface area contributed by atoms with Crippen molar-refractivity contribution in [1.29, 1.82) is 0 Å². The number of aromatic nitrogens is 5. The normalized spacial score (nSPS) is 13.4. The zero-order chi connectivity index (χ0) is 25.1. The molecule has 1 aliphatic heterocycles. The van der Waals surface area contributed by atoms with Crippen molar-refractivity contribution in [3.63, 3.8) is 0 Å². The van der Waals surface area contributed by atoms with Gasteiger partial charge in [0, 0.05) is 19.3 Å². The Morgan fingerprint density at radius 3 is 2.41 bits per heavy atom. The Labute approximate surface area is 198 Å². The molecule has 1 fully saturated rings. The van der Waals surface area contributed by atoms with Gasteiger partial charge in [0.25, 0.3) is 0 Å². The lowest BCUT2D eigenvalue weighted by Crippen LogP contribution is -2.30. The fourth-order valence-electron chi connectivity index (χ4n) is 3.32. The molecular formula is C24H33F3N6O. The number of fused-ring (bicyclic) bond motifs is 1. The molecule has 0 spiro atoms. The van der Waals surface area contributed by atoms with E-state index >= 15 is 0 Å². The van der Waals surface area contributed by atoms with E-state index in [2.05, 4.69) is 38.2 Å². The number of hydrogen-bond acceptors (Lipinski definition) is 6. The maximum absolute atomic E-state index is 12.1. The van der Waals surface area contributed by atoms with Crippen molar-refractivity contribution in [3.8, 4) is 5.75 Å². The molecule has 4 rings (SSSR count). The SMILES string of the molecule is C=C(CC)Cn1ncc2ncc(N3CCCCC3)nc21.CC.COc1cccnc1C(F)(F)F. The number of nitrogens with zero attached hydrogens (tertiary/aromatic N) is 6. The number of methoxy groups -OCH3 is 1. The summed E-state index contributed by atoms with van der Waals surface area (Å²) in [5.74, 6) is 0.714. The second-order valence-electron chi connectivity index (χ2n) is 7.44. The van der Waals surface area contributed by atoms with Gasteiger partial charge in [-0.25, -0.2) is 19.6 Å². The minimum absolute atomic E-state index is 0.259. The van der Waals surface area contributed by atoms with Crippen LogP contribution in [0.5, 0.6) is 5.75 Å². The molecule has 0 aliphatic carbocycles. The first-order valence-corrected chi connectivity index (χ1v) is 11.5. The Morgan fingerprint density at radius 1 is 1.12 bits per heavy atom. The molecule has 0 unspecified atom stereocenters. The molecule has 34 heavy (non-hydrogen) atoms. The van der Waals surface area contributed by atoms with Crippen molar-refractivity contribution in [3.05, 3.63) is 48.6 Å². The second kappa shape index (κ2) is 12.9. The van der Waals surface area contributed by atoms with Gasteiger partial charge < -0.3 is 9.64 Å². The Kier molecular flexibility index (Phi) is 10.3. The topological polar surface area (TPSA) is 69.0 Å². The summed E-state index contributed by atoms with van der Waals surface area (Å²) in [6.07, 6.45) is 5.04. The van der Waals surface area contributed by atoms with E-state index in [1.807, 2.05) is 24.7 Å². The van der Waals surface area contributed by atoms with Gasteiger partial charge in [0.15, 0.2) is 11.3 Å². The number of pyridine rings is 1. The highest BCUT2D eigenvalue weighted by atomic mass is 19.4. The predicted molar refractivity (Wildman–Crippen MR) is 128 cm³/mol. The zero-order valence-electron chi connectivity index (χ0n) is 20.3. The van der Waals surface area contributed by atoms with Crippen molar-refractivity contribution in [1.82, 2.24) is 24.7 Å². The molecule has 0 radical (unpaired) electrons. The van der Waals surface area contributed by atoms with E-state index in [1.54, 1.807) is 6.20 Å². The van der Waals surface area contributed by atoms with E-state index in [0.717, 1.165) is 54.8 Å². The minimum Gasteiger partial charge on any atom is -0.494 e. The lowest BCUT2D eigenvalue weighted by atomic mass is 10.1. The molecule has 186 valence electrons. The van der Waals surface area contributed by atoms with Gasteiger partial charge in [-0.3, -0.25) is 0 Å². The van der Waals surface area contributed by atoms with Crippen LogP contribution < -0.4 is 9.64 Å². The Bertz CT molecular complexity index is 1040. The molecule has 1 saturated heterocycles. The van der Waals surface area contributed by atoms with Gasteiger partial charge in [-0.05, 0) is 37.8 Å². The monoisotopic (exact) mass is 478 g/mol. The van der Waals surface area contributed by atoms with E-state index < -0.39 is 11.9 Å². The average molecular weight is 479 g/mol. The highest BCUT2D eigenvalue weighted by Crippen LogP contribution is 2.33. The number of piperidine rings is 1. The third kappa shape index (κ3) is 7.16. The van der Waals surface area contributed by atoms with E-state index in [0.29, 0.717) is 0 Å². The number of alkyl halides is 3. The van der Waals surface area contributed by atoms with Gasteiger partial charge in [0.2, 0.25) is 0 Å². The predicted octanol–water partition coefficient (Wildman–Crippen LogP) is 5.92. The van der Waals surface area contributed by atoms with Crippen LogP contribution in [-0.4, -0.2) is 44.9 Å². The van der Waals surface area contributed by atoms with E-state index in [1.165, 1.54) is 38.5 Å². The molecule has 0 N–H and O–H groups in total. The smallest absolute Gasteiger partial charge is 0.437 e. The summed E-state index contributed by atoms with van der Waals surface area (Å²) in [6.45, 7) is 13.0. The van der Waals surface area contributed by atoms with Crippen LogP contribution in [0.2, 0.25) is 0 Å². The summed E-state index contributed by atoms with van der Waals surface area (Å²) in [5, 5.41) is 4.38. The molecule has 3 aromatic heterocycles. The first-order chi connectivity index (χ1) is 16.3. The van der Waals surface area contributed by atoms with Crippen molar-refractivity contribution in [2.24, 2.45) is 0 Å². The number of rotatable bonds is 5. The first kappa shape index (κ1) is 27.1. The molecule has 10 heteroatoms. The number of anilines is 1. The molecule has 3 aromatic rings. The second-order valence-corrected chi connectivity index (χ2v) is 7.44. The Morgan fingerprint density at radius 2 is 1.82 bits per heavy atom. The minimum atomic E-state index is -4.45. The maximum Gasteiger partial charge on any atom is 0.437 e. The summed E-state index contributed by atoms with van der Waals surface area (Å²) >= 11 is 0. The van der Waals surface area contributed by atoms with Gasteiger partial charge in [-0.1, -0.05) is 32.9 Å². The fraction of sp³-hybridized carbons (Fsp3) is 0.500. The lowest BCUT2D eigenvalue weighted by molar-refractivity contribution is -0.142. The Balaban J connectivity index is 0.000000251. The maximum atomic E-state index is 12.1. The third-order valence-electron chi connectivity index (χ3n) is 5.15. The van der Waals surface area contributed by atoms with E-state index in [-0.39, 0.29) is 5.75 Å². The average Bonchev–Trinajstić information content (AvgIpc) is 3.27. The molecular weight excluding hydrogens is 445 g/mol. The lowest BCUT2D eigenvalue weighted by Gasteiger charge is -2.27. The van der Waals surface area contributed by atoms with Gasteiger partial charge >= 0.3 is 6.18 Å². The molecule has 7 nitrogen and oxygen atoms in total. The molecule has 4 heterocycles. The summed E-state index contributed by atoms with van der Waals surface area (Å²) in [6, 6.07) is 2.60. The van der Waals surface area contributed by atoms with Crippen LogP contribution in [0.1, 0.15) is 52.1 Å². The van der Waals surface area contributed by atoms with Crippen LogP contribution in [0.3, 0.4) is 0 Å². The van der Waals surface area contributed by atoms with Gasteiger partial charge in [0.05, 0.1) is 26.0 Å². The van der Waals surface area contributed by atoms with Crippen molar-refractivity contribution in [2.75, 3.05) is 25.1 Å². The molecule has 0 aromatic carbocycles. The molecule has 0 bridgehead atoms. The highest BCUT2D eigenvalue weighted by molar-refractivity contribution is 5.71. The largest absolute Gasteiger partial charge is 0.494 e. The van der Waals surface area contributed by atoms with Crippen LogP contribution in [0, 0.1) is 0 Å². The van der Waals surface area contributed by atoms with Gasteiger partial charge in [-0.15, -0.1) is 0 Å². The number of ether oxygens (including phenoxy) is 1. The van der Waals surface area contributed by atoms with Crippen LogP contribution in [-0.2, 0) is 12.7 Å². The molecule has 1 aliphatic rings. The Hall–Kier alpha value is -3.17. The fourth-order valence-corrected chi connectivity index (χ4v) is 3.32. The summed E-state index contributed by atoms with van der Waals surface area (Å²) in [4.78, 5) is 14.8. The van der Waals surface area contributed by atoms with Crippen molar-refractivity contribution < 1.29 is 17.9 Å². The summed E-state index contributed by atoms with van der Waals surface area (Å²) in [5.41, 5.74) is 1.88. The highest BCUT2D eigenvalue weighted by Gasteiger charge is 2.35. The standard InChI is InChI=1S/C15H21N5.C7H6F3NO.C2H6/c1-3-12(2)11-20-15-13(9-17-20)16-10-14(18-15)19-7-5-4-6-8-19;1-12-5-3-2-4-11-6(5)7(8,9)10;1-2/h9-10H,2-8,11H2,1H3;2-4H,1H3;1-2H3. The van der Waals surface area contributed by atoms with Gasteiger partial charge in [0.1, 0.15) is 17.1 Å². The summed E-state index contributed by atoms with van der Waals surface area (Å²) < 4.78 is 42.7. The van der Waals surface area contributed by atoms with Gasteiger partial charge in [-0.2, -0.15) is 18.3 Å². The van der Waals surface area contributed by atoms with E-state index in [4.69, 9.17) is 4.98 Å².